The quantitative estimate of drug-likeness (QED) is 0.209. The van der Waals surface area contributed by atoms with E-state index in [0.29, 0.717) is 12.3 Å². The van der Waals surface area contributed by atoms with E-state index in [2.05, 4.69) is 16.8 Å². The molecule has 0 amide bonds. The highest BCUT2D eigenvalue weighted by atomic mass is 31.2. The molecule has 0 radical (unpaired) electrons. The molecular weight excluding hydrogens is 339 g/mol. The van der Waals surface area contributed by atoms with Crippen LogP contribution in [0.3, 0.4) is 0 Å². The Bertz CT molecular complexity index is 528. The Hall–Kier alpha value is -1.47. The molecular formula is C15H23O8P. The molecule has 0 bridgehead atoms. The van der Waals surface area contributed by atoms with Crippen LogP contribution in [0.4, 0.5) is 0 Å². The van der Waals surface area contributed by atoms with Crippen LogP contribution in [0, 0.1) is 11.8 Å². The van der Waals surface area contributed by atoms with Crippen LogP contribution in [-0.4, -0.2) is 39.8 Å². The van der Waals surface area contributed by atoms with Gasteiger partial charge in [-0.15, -0.1) is 4.67 Å². The number of carbonyl (C=O) groups is 2. The minimum atomic E-state index is -4.26. The molecule has 0 aromatic rings. The fraction of sp³-hybridized carbons (Fsp3) is 0.600. The third-order valence-electron chi connectivity index (χ3n) is 3.55. The van der Waals surface area contributed by atoms with Crippen LogP contribution >= 0.6 is 7.60 Å². The third kappa shape index (κ3) is 8.98. The zero-order valence-electron chi connectivity index (χ0n) is 13.2. The van der Waals surface area contributed by atoms with Crippen molar-refractivity contribution in [2.75, 3.05) is 12.8 Å². The first-order valence-corrected chi connectivity index (χ1v) is 9.47. The molecule has 0 aromatic carbocycles. The first kappa shape index (κ1) is 20.6. The van der Waals surface area contributed by atoms with Gasteiger partial charge in [0.25, 0.3) is 0 Å². The van der Waals surface area contributed by atoms with E-state index in [-0.39, 0.29) is 13.0 Å². The first-order chi connectivity index (χ1) is 11.3. The number of hydrogen-bond donors (Lipinski definition) is 3. The Labute approximate surface area is 140 Å². The molecule has 0 fully saturated rings. The molecule has 3 unspecified atom stereocenters. The highest BCUT2D eigenvalue weighted by Crippen LogP contribution is 2.44. The second kappa shape index (κ2) is 10.4. The van der Waals surface area contributed by atoms with Gasteiger partial charge < -0.3 is 15.1 Å². The average Bonchev–Trinajstić information content (AvgIpc) is 2.51. The van der Waals surface area contributed by atoms with Crippen molar-refractivity contribution in [3.05, 3.63) is 24.3 Å². The van der Waals surface area contributed by atoms with Crippen molar-refractivity contribution in [2.24, 2.45) is 11.8 Å². The largest absolute Gasteiger partial charge is 0.481 e. The summed E-state index contributed by atoms with van der Waals surface area (Å²) < 4.78 is 16.3. The minimum absolute atomic E-state index is 0.117. The maximum Gasteiger partial charge on any atom is 0.356 e. The van der Waals surface area contributed by atoms with Crippen molar-refractivity contribution in [3.8, 4) is 0 Å². The van der Waals surface area contributed by atoms with Crippen molar-refractivity contribution >= 4 is 19.5 Å². The van der Waals surface area contributed by atoms with Crippen LogP contribution in [0.5, 0.6) is 0 Å². The van der Waals surface area contributed by atoms with E-state index in [1.165, 1.54) is 0 Å². The van der Waals surface area contributed by atoms with Crippen molar-refractivity contribution in [2.45, 2.75) is 32.1 Å². The molecule has 8 nitrogen and oxygen atoms in total. The fourth-order valence-electron chi connectivity index (χ4n) is 2.27. The van der Waals surface area contributed by atoms with E-state index in [1.807, 2.05) is 12.2 Å². The molecule has 0 heterocycles. The van der Waals surface area contributed by atoms with Gasteiger partial charge >= 0.3 is 19.5 Å². The Morgan fingerprint density at radius 1 is 1.29 bits per heavy atom. The second-order valence-electron chi connectivity index (χ2n) is 5.64. The lowest BCUT2D eigenvalue weighted by molar-refractivity contribution is -0.214. The van der Waals surface area contributed by atoms with Crippen LogP contribution in [0.2, 0.25) is 0 Å². The van der Waals surface area contributed by atoms with E-state index >= 15 is 0 Å². The molecule has 3 N–H and O–H groups in total. The predicted molar refractivity (Wildman–Crippen MR) is 85.3 cm³/mol. The molecule has 136 valence electrons. The van der Waals surface area contributed by atoms with E-state index < -0.39 is 38.0 Å². The summed E-state index contributed by atoms with van der Waals surface area (Å²) in [6.45, 7) is 0.117. The summed E-state index contributed by atoms with van der Waals surface area (Å²) in [5, 5.41) is 17.5. The number of hydrogen-bond acceptors (Lipinski definition) is 5. The maximum absolute atomic E-state index is 11.8. The molecule has 9 heteroatoms. The number of allylic oxidation sites excluding steroid dienone is 4. The number of carboxylic acid groups (broad SMARTS) is 2. The van der Waals surface area contributed by atoms with Crippen LogP contribution in [0.25, 0.3) is 0 Å². The Morgan fingerprint density at radius 2 is 2.04 bits per heavy atom. The van der Waals surface area contributed by atoms with E-state index in [4.69, 9.17) is 15.1 Å². The van der Waals surface area contributed by atoms with Gasteiger partial charge in [0.05, 0.1) is 18.7 Å². The third-order valence-corrected chi connectivity index (χ3v) is 4.79. The van der Waals surface area contributed by atoms with Gasteiger partial charge in [-0.25, -0.2) is 4.89 Å². The van der Waals surface area contributed by atoms with E-state index in [1.54, 1.807) is 0 Å². The molecule has 24 heavy (non-hydrogen) atoms. The van der Waals surface area contributed by atoms with Gasteiger partial charge in [-0.1, -0.05) is 24.3 Å². The number of rotatable bonds is 12. The lowest BCUT2D eigenvalue weighted by Gasteiger charge is -2.16. The van der Waals surface area contributed by atoms with Gasteiger partial charge in [-0.2, -0.15) is 0 Å². The molecule has 3 atom stereocenters. The Balaban J connectivity index is 2.26. The smallest absolute Gasteiger partial charge is 0.356 e. The lowest BCUT2D eigenvalue weighted by Crippen LogP contribution is -2.20. The molecule has 1 rings (SSSR count). The van der Waals surface area contributed by atoms with Crippen LogP contribution in [-0.2, 0) is 23.7 Å². The number of carboxylic acids is 2. The van der Waals surface area contributed by atoms with Gasteiger partial charge in [0.1, 0.15) is 0 Å². The molecule has 0 aliphatic heterocycles. The van der Waals surface area contributed by atoms with Crippen molar-refractivity contribution < 1.29 is 38.8 Å². The highest BCUT2D eigenvalue weighted by molar-refractivity contribution is 7.52. The zero-order chi connectivity index (χ0) is 18.0. The standard InChI is InChI=1S/C15H23O8P/c16-14(17)9-8-13(15(18)19)11-24(20,21)23-22-10-4-7-12-5-2-1-3-6-12/h1-3,5,12-13H,4,6-11H2,(H,16,17)(H,18,19)(H,20,21). The fourth-order valence-corrected chi connectivity index (χ4v) is 3.47. The first-order valence-electron chi connectivity index (χ1n) is 7.71. The van der Waals surface area contributed by atoms with Crippen LogP contribution in [0.15, 0.2) is 24.3 Å². The van der Waals surface area contributed by atoms with Crippen molar-refractivity contribution in [3.63, 3.8) is 0 Å². The number of aliphatic carboxylic acids is 2. The zero-order valence-corrected chi connectivity index (χ0v) is 14.1. The topological polar surface area (TPSA) is 130 Å². The van der Waals surface area contributed by atoms with Crippen LogP contribution in [0.1, 0.15) is 32.1 Å². The molecule has 1 aliphatic carbocycles. The van der Waals surface area contributed by atoms with Gasteiger partial charge in [0, 0.05) is 6.42 Å². The summed E-state index contributed by atoms with van der Waals surface area (Å²) in [4.78, 5) is 35.8. The average molecular weight is 362 g/mol. The van der Waals surface area contributed by atoms with Gasteiger partial charge in [0.15, 0.2) is 0 Å². The van der Waals surface area contributed by atoms with Crippen molar-refractivity contribution in [1.29, 1.82) is 0 Å². The van der Waals surface area contributed by atoms with Crippen molar-refractivity contribution in [1.82, 2.24) is 0 Å². The highest BCUT2D eigenvalue weighted by Gasteiger charge is 2.31. The normalized spacial score (nSPS) is 20.5. The second-order valence-corrected chi connectivity index (χ2v) is 7.42. The Kier molecular flexibility index (Phi) is 8.92. The molecule has 0 aromatic heterocycles. The summed E-state index contributed by atoms with van der Waals surface area (Å²) in [6, 6.07) is 0. The molecule has 0 spiro atoms. The summed E-state index contributed by atoms with van der Waals surface area (Å²) in [5.74, 6) is -3.38. The molecule has 0 saturated carbocycles. The van der Waals surface area contributed by atoms with E-state index in [0.717, 1.165) is 12.8 Å². The summed E-state index contributed by atoms with van der Waals surface area (Å²) in [7, 11) is -4.26. The van der Waals surface area contributed by atoms with E-state index in [9.17, 15) is 19.0 Å². The molecule has 0 saturated heterocycles. The summed E-state index contributed by atoms with van der Waals surface area (Å²) >= 11 is 0. The SMILES string of the molecule is O=C(O)CCC(CP(=O)(O)OOCCCC1C=CC=CC1)C(=O)O. The molecule has 1 aliphatic rings. The van der Waals surface area contributed by atoms with Crippen LogP contribution < -0.4 is 0 Å². The van der Waals surface area contributed by atoms with Gasteiger partial charge in [-0.05, 0) is 31.6 Å². The lowest BCUT2D eigenvalue weighted by atomic mass is 9.96. The monoisotopic (exact) mass is 362 g/mol. The summed E-state index contributed by atoms with van der Waals surface area (Å²) in [6.07, 6.45) is 9.16. The van der Waals surface area contributed by atoms with Gasteiger partial charge in [-0.3, -0.25) is 14.2 Å². The Morgan fingerprint density at radius 3 is 2.62 bits per heavy atom. The summed E-state index contributed by atoms with van der Waals surface area (Å²) in [5.41, 5.74) is 0. The predicted octanol–water partition coefficient (Wildman–Crippen LogP) is 2.60. The minimum Gasteiger partial charge on any atom is -0.481 e. The maximum atomic E-state index is 11.8. The van der Waals surface area contributed by atoms with Gasteiger partial charge in [0.2, 0.25) is 0 Å².